The Balaban J connectivity index is 1.81. The molecule has 0 aliphatic heterocycles. The first kappa shape index (κ1) is 16.3. The molecule has 0 radical (unpaired) electrons. The molecule has 0 N–H and O–H groups in total. The van der Waals surface area contributed by atoms with Crippen LogP contribution in [0.4, 0.5) is 5.69 Å². The summed E-state index contributed by atoms with van der Waals surface area (Å²) in [5.74, 6) is 0. The van der Waals surface area contributed by atoms with Crippen LogP contribution in [0.1, 0.15) is 0 Å². The van der Waals surface area contributed by atoms with Crippen molar-refractivity contribution in [1.29, 1.82) is 0 Å². The van der Waals surface area contributed by atoms with Gasteiger partial charge in [-0.25, -0.2) is 0 Å². The summed E-state index contributed by atoms with van der Waals surface area (Å²) in [6, 6.07) is 29.4. The zero-order valence-corrected chi connectivity index (χ0v) is 14.9. The van der Waals surface area contributed by atoms with Crippen molar-refractivity contribution in [3.05, 3.63) is 107 Å². The molecule has 4 aromatic carbocycles. The molecule has 28 heavy (non-hydrogen) atoms. The molecule has 5 aromatic rings. The first-order chi connectivity index (χ1) is 13.7. The van der Waals surface area contributed by atoms with Crippen LogP contribution in [-0.4, -0.2) is 9.49 Å². The predicted molar refractivity (Wildman–Crippen MR) is 113 cm³/mol. The van der Waals surface area contributed by atoms with Crippen LogP contribution in [-0.2, 0) is 0 Å². The number of aromatic nitrogens is 1. The highest BCUT2D eigenvalue weighted by Gasteiger charge is 2.19. The summed E-state index contributed by atoms with van der Waals surface area (Å²) in [5.41, 5.74) is 3.70. The Bertz CT molecular complexity index is 1340. The van der Waals surface area contributed by atoms with Crippen molar-refractivity contribution in [3.63, 3.8) is 0 Å². The lowest BCUT2D eigenvalue weighted by Gasteiger charge is -2.10. The van der Waals surface area contributed by atoms with Gasteiger partial charge in [0.15, 0.2) is 0 Å². The highest BCUT2D eigenvalue weighted by atomic mass is 16.6. The van der Waals surface area contributed by atoms with Crippen LogP contribution in [0.15, 0.2) is 97.2 Å². The minimum absolute atomic E-state index is 0.121. The van der Waals surface area contributed by atoms with E-state index < -0.39 is 0 Å². The summed E-state index contributed by atoms with van der Waals surface area (Å²) >= 11 is 0. The highest BCUT2D eigenvalue weighted by molar-refractivity contribution is 6.02. The third-order valence-electron chi connectivity index (χ3n) is 5.12. The number of nitro groups is 1. The Morgan fingerprint density at radius 1 is 0.750 bits per heavy atom. The van der Waals surface area contributed by atoms with Gasteiger partial charge in [0.25, 0.3) is 5.69 Å². The van der Waals surface area contributed by atoms with Crippen LogP contribution >= 0.6 is 0 Å². The van der Waals surface area contributed by atoms with Crippen LogP contribution in [0.25, 0.3) is 38.5 Å². The second-order valence-corrected chi connectivity index (χ2v) is 6.73. The molecule has 0 aliphatic rings. The van der Waals surface area contributed by atoms with Gasteiger partial charge in [0.2, 0.25) is 0 Å². The van der Waals surface area contributed by atoms with Crippen LogP contribution < -0.4 is 0 Å². The number of nitro benzene ring substituents is 1. The largest absolute Gasteiger partial charge is 0.317 e. The number of hydrogen-bond acceptors (Lipinski definition) is 2. The third-order valence-corrected chi connectivity index (χ3v) is 5.12. The van der Waals surface area contributed by atoms with Gasteiger partial charge in [-0.05, 0) is 52.1 Å². The Labute approximate surface area is 161 Å². The molecule has 0 bridgehead atoms. The van der Waals surface area contributed by atoms with Crippen molar-refractivity contribution in [1.82, 2.24) is 4.57 Å². The molecule has 134 valence electrons. The molecule has 1 aromatic heterocycles. The summed E-state index contributed by atoms with van der Waals surface area (Å²) in [4.78, 5) is 11.4. The van der Waals surface area contributed by atoms with E-state index >= 15 is 0 Å². The lowest BCUT2D eigenvalue weighted by molar-refractivity contribution is -0.384. The number of fused-ring (bicyclic) bond motifs is 2. The van der Waals surface area contributed by atoms with E-state index in [1.165, 1.54) is 0 Å². The topological polar surface area (TPSA) is 48.1 Å². The first-order valence-corrected chi connectivity index (χ1v) is 9.05. The number of rotatable bonds is 3. The predicted octanol–water partition coefficient (Wildman–Crippen LogP) is 6.36. The monoisotopic (exact) mass is 364 g/mol. The van der Waals surface area contributed by atoms with E-state index in [-0.39, 0.29) is 10.6 Å². The van der Waals surface area contributed by atoms with E-state index in [1.807, 2.05) is 85.1 Å². The average Bonchev–Trinajstić information content (AvgIpc) is 3.16. The van der Waals surface area contributed by atoms with Gasteiger partial charge in [-0.15, -0.1) is 0 Å². The molecule has 0 saturated heterocycles. The maximum atomic E-state index is 11.7. The van der Waals surface area contributed by atoms with E-state index in [4.69, 9.17) is 0 Å². The normalized spacial score (nSPS) is 11.1. The fourth-order valence-electron chi connectivity index (χ4n) is 3.81. The van der Waals surface area contributed by atoms with Crippen LogP contribution in [0, 0.1) is 10.1 Å². The zero-order valence-electron chi connectivity index (χ0n) is 14.9. The van der Waals surface area contributed by atoms with E-state index in [0.717, 1.165) is 32.9 Å². The van der Waals surface area contributed by atoms with Gasteiger partial charge in [-0.1, -0.05) is 54.6 Å². The van der Waals surface area contributed by atoms with E-state index in [2.05, 4.69) is 10.6 Å². The molecular weight excluding hydrogens is 348 g/mol. The molecule has 4 nitrogen and oxygen atoms in total. The van der Waals surface area contributed by atoms with Gasteiger partial charge < -0.3 is 4.57 Å². The molecule has 0 aliphatic carbocycles. The molecule has 0 amide bonds. The van der Waals surface area contributed by atoms with E-state index in [1.54, 1.807) is 6.07 Å². The maximum absolute atomic E-state index is 11.7. The molecule has 0 atom stereocenters. The molecule has 0 saturated carbocycles. The molecule has 0 spiro atoms. The lowest BCUT2D eigenvalue weighted by Crippen LogP contribution is -1.95. The van der Waals surface area contributed by atoms with Crippen molar-refractivity contribution in [2.45, 2.75) is 0 Å². The van der Waals surface area contributed by atoms with Gasteiger partial charge in [0, 0.05) is 18.0 Å². The Kier molecular flexibility index (Phi) is 3.69. The van der Waals surface area contributed by atoms with Crippen molar-refractivity contribution in [3.8, 4) is 16.8 Å². The molecule has 4 heteroatoms. The van der Waals surface area contributed by atoms with Crippen LogP contribution in [0.2, 0.25) is 0 Å². The number of nitrogens with zero attached hydrogens (tertiary/aromatic N) is 2. The summed E-state index contributed by atoms with van der Waals surface area (Å²) in [6.07, 6.45) is 2.03. The smallest absolute Gasteiger partial charge is 0.277 e. The Morgan fingerprint density at radius 2 is 1.50 bits per heavy atom. The fraction of sp³-hybridized carbons (Fsp3) is 0. The third kappa shape index (κ3) is 2.55. The summed E-state index contributed by atoms with van der Waals surface area (Å²) in [7, 11) is 0. The number of para-hydroxylation sites is 1. The lowest BCUT2D eigenvalue weighted by atomic mass is 9.96. The molecule has 5 rings (SSSR count). The highest BCUT2D eigenvalue weighted by Crippen LogP contribution is 2.38. The fourth-order valence-corrected chi connectivity index (χ4v) is 3.81. The minimum Gasteiger partial charge on any atom is -0.317 e. The van der Waals surface area contributed by atoms with Gasteiger partial charge >= 0.3 is 0 Å². The maximum Gasteiger partial charge on any atom is 0.277 e. The van der Waals surface area contributed by atoms with Crippen molar-refractivity contribution in [2.24, 2.45) is 0 Å². The molecule has 0 fully saturated rings. The van der Waals surface area contributed by atoms with Gasteiger partial charge in [-0.3, -0.25) is 10.1 Å². The SMILES string of the molecule is O=[N+]([O-])c1ccc2ccccc2c1-c1ccc2ccn(-c3ccccc3)c2c1. The van der Waals surface area contributed by atoms with Crippen molar-refractivity contribution < 1.29 is 4.92 Å². The van der Waals surface area contributed by atoms with Crippen molar-refractivity contribution in [2.75, 3.05) is 0 Å². The molecular formula is C24H16N2O2. The van der Waals surface area contributed by atoms with E-state index in [0.29, 0.717) is 5.56 Å². The minimum atomic E-state index is -0.303. The quantitative estimate of drug-likeness (QED) is 0.276. The van der Waals surface area contributed by atoms with Gasteiger partial charge in [0.05, 0.1) is 16.0 Å². The summed E-state index contributed by atoms with van der Waals surface area (Å²) in [5, 5.41) is 14.7. The summed E-state index contributed by atoms with van der Waals surface area (Å²) in [6.45, 7) is 0. The first-order valence-electron chi connectivity index (χ1n) is 9.05. The van der Waals surface area contributed by atoms with Crippen molar-refractivity contribution >= 4 is 27.4 Å². The number of benzene rings is 4. The molecule has 1 heterocycles. The van der Waals surface area contributed by atoms with Crippen LogP contribution in [0.3, 0.4) is 0 Å². The van der Waals surface area contributed by atoms with Gasteiger partial charge in [0.1, 0.15) is 0 Å². The standard InChI is InChI=1S/C24H16N2O2/c27-26(28)22-13-12-17-6-4-5-9-21(17)24(22)19-11-10-18-14-15-25(23(18)16-19)20-7-2-1-3-8-20/h1-16H. The average molecular weight is 364 g/mol. The number of hydrogen-bond donors (Lipinski definition) is 0. The van der Waals surface area contributed by atoms with Crippen LogP contribution in [0.5, 0.6) is 0 Å². The summed E-state index contributed by atoms with van der Waals surface area (Å²) < 4.78 is 2.11. The Hall–Kier alpha value is -3.92. The van der Waals surface area contributed by atoms with E-state index in [9.17, 15) is 10.1 Å². The molecule has 0 unspecified atom stereocenters. The zero-order chi connectivity index (χ0) is 19.1. The Morgan fingerprint density at radius 3 is 2.32 bits per heavy atom. The second kappa shape index (κ2) is 6.35. The second-order valence-electron chi connectivity index (χ2n) is 6.73. The van der Waals surface area contributed by atoms with Gasteiger partial charge in [-0.2, -0.15) is 0 Å².